The van der Waals surface area contributed by atoms with E-state index in [1.165, 1.54) is 0 Å². The second kappa shape index (κ2) is 6.33. The molecule has 0 amide bonds. The summed E-state index contributed by atoms with van der Waals surface area (Å²) in [4.78, 5) is 0.246. The number of sulfonamides is 1. The first-order chi connectivity index (χ1) is 9.85. The molecule has 112 valence electrons. The van der Waals surface area contributed by atoms with Gasteiger partial charge in [-0.2, -0.15) is 5.10 Å². The van der Waals surface area contributed by atoms with Gasteiger partial charge in [0.15, 0.2) is 0 Å². The van der Waals surface area contributed by atoms with Gasteiger partial charge in [0, 0.05) is 18.8 Å². The Morgan fingerprint density at radius 3 is 2.81 bits per heavy atom. The highest BCUT2D eigenvalue weighted by Gasteiger charge is 2.12. The van der Waals surface area contributed by atoms with Gasteiger partial charge in [0.2, 0.25) is 10.0 Å². The molecule has 21 heavy (non-hydrogen) atoms. The first-order valence-corrected chi connectivity index (χ1v) is 8.26. The summed E-state index contributed by atoms with van der Waals surface area (Å²) in [5.74, 6) is -0.129. The Kier molecular flexibility index (Phi) is 4.71. The van der Waals surface area contributed by atoms with Crippen LogP contribution in [0.3, 0.4) is 0 Å². The quantitative estimate of drug-likeness (QED) is 0.763. The minimum absolute atomic E-state index is 0.129. The fraction of sp³-hybridized carbons (Fsp3) is 0.231. The minimum Gasteiger partial charge on any atom is -0.389 e. The first-order valence-electron chi connectivity index (χ1n) is 6.20. The molecule has 3 N–H and O–H groups in total. The molecular weight excluding hydrogens is 308 g/mol. The van der Waals surface area contributed by atoms with Crippen LogP contribution < -0.4 is 10.5 Å². The zero-order valence-electron chi connectivity index (χ0n) is 11.5. The number of aryl methyl sites for hydroxylation is 1. The molecule has 2 rings (SSSR count). The largest absolute Gasteiger partial charge is 0.389 e. The molecule has 8 heteroatoms. The molecule has 6 nitrogen and oxygen atoms in total. The summed E-state index contributed by atoms with van der Waals surface area (Å²) >= 11 is 4.88. The highest BCUT2D eigenvalue weighted by Crippen LogP contribution is 2.09. The van der Waals surface area contributed by atoms with Crippen LogP contribution in [0.1, 0.15) is 16.8 Å². The molecule has 0 radical (unpaired) electrons. The van der Waals surface area contributed by atoms with E-state index in [-0.39, 0.29) is 17.3 Å². The van der Waals surface area contributed by atoms with E-state index in [2.05, 4.69) is 9.82 Å². The summed E-state index contributed by atoms with van der Waals surface area (Å²) in [7, 11) is -1.67. The molecule has 2 aromatic rings. The Hall–Kier alpha value is -1.77. The van der Waals surface area contributed by atoms with Gasteiger partial charge in [0.05, 0.1) is 18.0 Å². The van der Waals surface area contributed by atoms with Crippen LogP contribution in [0.4, 0.5) is 0 Å². The maximum absolute atomic E-state index is 12.1. The predicted molar refractivity (Wildman–Crippen MR) is 85.0 cm³/mol. The lowest BCUT2D eigenvalue weighted by atomic mass is 10.1. The first kappa shape index (κ1) is 15.6. The van der Waals surface area contributed by atoms with E-state index in [1.807, 2.05) is 0 Å². The second-order valence-corrected chi connectivity index (χ2v) is 6.87. The lowest BCUT2D eigenvalue weighted by molar-refractivity contribution is 0.578. The van der Waals surface area contributed by atoms with Crippen LogP contribution in [0, 0.1) is 0 Å². The molecule has 0 saturated heterocycles. The molecule has 0 spiro atoms. The monoisotopic (exact) mass is 324 g/mol. The van der Waals surface area contributed by atoms with Crippen molar-refractivity contribution >= 4 is 27.2 Å². The maximum atomic E-state index is 12.1. The Morgan fingerprint density at radius 1 is 1.43 bits per heavy atom. The fourth-order valence-electron chi connectivity index (χ4n) is 1.83. The number of thiocarbonyl (C=S) groups is 1. The van der Waals surface area contributed by atoms with E-state index >= 15 is 0 Å². The van der Waals surface area contributed by atoms with E-state index < -0.39 is 10.0 Å². The van der Waals surface area contributed by atoms with Crippen molar-refractivity contribution in [1.82, 2.24) is 14.5 Å². The summed E-state index contributed by atoms with van der Waals surface area (Å²) in [6, 6.07) is 8.65. The van der Waals surface area contributed by atoms with E-state index in [4.69, 9.17) is 18.0 Å². The number of hydrogen-bond acceptors (Lipinski definition) is 4. The number of nitrogens with two attached hydrogens (primary N) is 1. The molecule has 0 unspecified atom stereocenters. The smallest absolute Gasteiger partial charge is 0.216 e. The van der Waals surface area contributed by atoms with Gasteiger partial charge < -0.3 is 5.73 Å². The summed E-state index contributed by atoms with van der Waals surface area (Å²) < 4.78 is 28.2. The van der Waals surface area contributed by atoms with Gasteiger partial charge in [-0.1, -0.05) is 30.4 Å². The molecule has 1 heterocycles. The van der Waals surface area contributed by atoms with Crippen LogP contribution in [0.25, 0.3) is 0 Å². The maximum Gasteiger partial charge on any atom is 0.216 e. The summed E-state index contributed by atoms with van der Waals surface area (Å²) in [5, 5.41) is 4.11. The van der Waals surface area contributed by atoms with Crippen molar-refractivity contribution in [3.8, 4) is 0 Å². The van der Waals surface area contributed by atoms with Gasteiger partial charge in [-0.05, 0) is 17.7 Å². The number of aromatic nitrogens is 2. The summed E-state index contributed by atoms with van der Waals surface area (Å²) in [5.41, 5.74) is 7.49. The molecule has 0 bridgehead atoms. The molecule has 0 fully saturated rings. The Labute approximate surface area is 129 Å². The number of rotatable bonds is 6. The minimum atomic E-state index is -3.45. The van der Waals surface area contributed by atoms with Crippen molar-refractivity contribution in [3.05, 3.63) is 53.3 Å². The summed E-state index contributed by atoms with van der Waals surface area (Å²) in [6.07, 6.45) is 1.76. The van der Waals surface area contributed by atoms with E-state index in [0.717, 1.165) is 0 Å². The molecule has 0 saturated carbocycles. The molecule has 0 aliphatic carbocycles. The Bertz CT molecular complexity index is 753. The normalized spacial score (nSPS) is 11.5. The third-order valence-corrected chi connectivity index (χ3v) is 4.34. The zero-order valence-corrected chi connectivity index (χ0v) is 13.1. The Morgan fingerprint density at radius 2 is 2.19 bits per heavy atom. The number of hydrogen-bond donors (Lipinski definition) is 2. The van der Waals surface area contributed by atoms with Crippen molar-refractivity contribution in [2.24, 2.45) is 12.8 Å². The van der Waals surface area contributed by atoms with Gasteiger partial charge in [-0.15, -0.1) is 0 Å². The third-order valence-electron chi connectivity index (χ3n) is 2.81. The lowest BCUT2D eigenvalue weighted by Crippen LogP contribution is -2.25. The van der Waals surface area contributed by atoms with Crippen molar-refractivity contribution in [1.29, 1.82) is 0 Å². The van der Waals surface area contributed by atoms with Crippen molar-refractivity contribution < 1.29 is 8.42 Å². The van der Waals surface area contributed by atoms with Gasteiger partial charge in [-0.25, -0.2) is 13.1 Å². The van der Waals surface area contributed by atoms with Crippen LogP contribution in [-0.2, 0) is 29.4 Å². The molecule has 0 atom stereocenters. The third kappa shape index (κ3) is 4.62. The standard InChI is InChI=1S/C13H16N4O2S2/c1-17-6-5-12(16-17)8-15-21(18,19)9-10-3-2-4-11(7-10)13(14)20/h2-7,15H,8-9H2,1H3,(H2,14,20). The molecule has 1 aromatic carbocycles. The molecule has 0 aliphatic rings. The predicted octanol–water partition coefficient (Wildman–Crippen LogP) is 0.674. The van der Waals surface area contributed by atoms with Gasteiger partial charge in [0.1, 0.15) is 4.99 Å². The average molecular weight is 324 g/mol. The summed E-state index contributed by atoms with van der Waals surface area (Å²) in [6.45, 7) is 0.165. The van der Waals surface area contributed by atoms with Crippen molar-refractivity contribution in [3.63, 3.8) is 0 Å². The zero-order chi connectivity index (χ0) is 15.5. The topological polar surface area (TPSA) is 90.0 Å². The number of nitrogens with one attached hydrogen (secondary N) is 1. The highest BCUT2D eigenvalue weighted by atomic mass is 32.2. The van der Waals surface area contributed by atoms with Crippen LogP contribution in [0.5, 0.6) is 0 Å². The molecular formula is C13H16N4O2S2. The SMILES string of the molecule is Cn1ccc(CNS(=O)(=O)Cc2cccc(C(N)=S)c2)n1. The number of benzene rings is 1. The van der Waals surface area contributed by atoms with E-state index in [1.54, 1.807) is 48.3 Å². The fourth-order valence-corrected chi connectivity index (χ4v) is 3.04. The van der Waals surface area contributed by atoms with Gasteiger partial charge >= 0.3 is 0 Å². The van der Waals surface area contributed by atoms with Crippen molar-refractivity contribution in [2.75, 3.05) is 0 Å². The molecule has 0 aliphatic heterocycles. The van der Waals surface area contributed by atoms with Crippen LogP contribution in [-0.4, -0.2) is 23.2 Å². The van der Waals surface area contributed by atoms with Crippen LogP contribution in [0.15, 0.2) is 36.5 Å². The van der Waals surface area contributed by atoms with Crippen LogP contribution >= 0.6 is 12.2 Å². The second-order valence-electron chi connectivity index (χ2n) is 4.63. The number of nitrogens with zero attached hydrogens (tertiary/aromatic N) is 2. The van der Waals surface area contributed by atoms with E-state index in [0.29, 0.717) is 16.8 Å². The average Bonchev–Trinajstić information content (AvgIpc) is 2.82. The van der Waals surface area contributed by atoms with Gasteiger partial charge in [0.25, 0.3) is 0 Å². The Balaban J connectivity index is 2.03. The van der Waals surface area contributed by atoms with Crippen LogP contribution in [0.2, 0.25) is 0 Å². The van der Waals surface area contributed by atoms with Crippen molar-refractivity contribution in [2.45, 2.75) is 12.3 Å². The molecule has 1 aromatic heterocycles. The highest BCUT2D eigenvalue weighted by molar-refractivity contribution is 7.88. The van der Waals surface area contributed by atoms with E-state index in [9.17, 15) is 8.42 Å². The van der Waals surface area contributed by atoms with Gasteiger partial charge in [-0.3, -0.25) is 4.68 Å². The lowest BCUT2D eigenvalue weighted by Gasteiger charge is -2.07.